The van der Waals surface area contributed by atoms with Crippen molar-refractivity contribution in [1.82, 2.24) is 0 Å². The lowest BCUT2D eigenvalue weighted by Gasteiger charge is -2.61. The first-order valence-electron chi connectivity index (χ1n) is 8.76. The van der Waals surface area contributed by atoms with E-state index in [1.807, 2.05) is 13.8 Å². The zero-order valence-electron chi connectivity index (χ0n) is 14.5. The third kappa shape index (κ3) is 1.61. The number of carbonyl (C=O) groups excluding carboxylic acids is 2. The number of fused-ring (bicyclic) bond motifs is 3. The van der Waals surface area contributed by atoms with E-state index in [9.17, 15) is 14.7 Å². The van der Waals surface area contributed by atoms with Crippen LogP contribution in [0.3, 0.4) is 0 Å². The molecule has 2 bridgehead atoms. The molecule has 0 aromatic carbocycles. The highest BCUT2D eigenvalue weighted by Gasteiger charge is 2.66. The van der Waals surface area contributed by atoms with E-state index in [2.05, 4.69) is 26.0 Å². The van der Waals surface area contributed by atoms with Gasteiger partial charge in [0.15, 0.2) is 5.76 Å². The monoisotopic (exact) mass is 314 g/mol. The van der Waals surface area contributed by atoms with E-state index in [4.69, 9.17) is 0 Å². The number of hydrogen-bond donors (Lipinski definition) is 1. The molecule has 0 aromatic rings. The molecule has 4 aliphatic carbocycles. The van der Waals surface area contributed by atoms with Crippen LogP contribution in [0, 0.1) is 33.5 Å². The molecule has 23 heavy (non-hydrogen) atoms. The van der Waals surface area contributed by atoms with Gasteiger partial charge in [-0.3, -0.25) is 9.59 Å². The van der Waals surface area contributed by atoms with Crippen molar-refractivity contribution >= 4 is 11.6 Å². The highest BCUT2D eigenvalue weighted by molar-refractivity contribution is 5.99. The molecule has 2 fully saturated rings. The van der Waals surface area contributed by atoms with Gasteiger partial charge >= 0.3 is 0 Å². The van der Waals surface area contributed by atoms with E-state index < -0.39 is 5.41 Å². The van der Waals surface area contributed by atoms with Gasteiger partial charge in [-0.05, 0) is 54.9 Å². The minimum Gasteiger partial charge on any atom is -0.505 e. The average molecular weight is 314 g/mol. The molecule has 4 rings (SSSR count). The number of aliphatic hydroxyl groups is 1. The number of Topliss-reactive ketones (excluding diaryl/α,β-unsaturated/α-hetero) is 2. The molecule has 0 aromatic heterocycles. The molecule has 1 spiro atoms. The predicted octanol–water partition coefficient (Wildman–Crippen LogP) is 4.00. The quantitative estimate of drug-likeness (QED) is 0.688. The van der Waals surface area contributed by atoms with Crippen LogP contribution >= 0.6 is 0 Å². The highest BCUT2D eigenvalue weighted by atomic mass is 16.3. The minimum absolute atomic E-state index is 0.0567. The van der Waals surface area contributed by atoms with Crippen LogP contribution in [0.15, 0.2) is 24.0 Å². The minimum atomic E-state index is -0.568. The largest absolute Gasteiger partial charge is 0.505 e. The Morgan fingerprint density at radius 3 is 2.48 bits per heavy atom. The Bertz CT molecular complexity index is 685. The summed E-state index contributed by atoms with van der Waals surface area (Å²) in [5.74, 6) is 0.428. The summed E-state index contributed by atoms with van der Waals surface area (Å²) in [6.07, 6.45) is 9.69. The van der Waals surface area contributed by atoms with Crippen molar-refractivity contribution in [3.8, 4) is 0 Å². The van der Waals surface area contributed by atoms with Crippen LogP contribution in [-0.4, -0.2) is 16.7 Å². The molecule has 5 unspecified atom stereocenters. The molecule has 1 N–H and O–H groups in total. The van der Waals surface area contributed by atoms with Crippen molar-refractivity contribution in [3.63, 3.8) is 0 Å². The summed E-state index contributed by atoms with van der Waals surface area (Å²) in [5.41, 5.74) is -1.11. The van der Waals surface area contributed by atoms with Gasteiger partial charge < -0.3 is 5.11 Å². The van der Waals surface area contributed by atoms with E-state index in [1.54, 1.807) is 6.08 Å². The molecular weight excluding hydrogens is 288 g/mol. The Kier molecular flexibility index (Phi) is 2.63. The molecule has 5 atom stereocenters. The van der Waals surface area contributed by atoms with Gasteiger partial charge in [-0.2, -0.15) is 0 Å². The number of carbonyl (C=O) groups is 2. The van der Waals surface area contributed by atoms with Crippen LogP contribution in [0.1, 0.15) is 53.4 Å². The molecule has 0 radical (unpaired) electrons. The second kappa shape index (κ2) is 3.99. The first kappa shape index (κ1) is 15.2. The number of aliphatic hydroxyl groups excluding tert-OH is 1. The first-order valence-corrected chi connectivity index (χ1v) is 8.76. The lowest BCUT2D eigenvalue weighted by atomic mass is 9.41. The Morgan fingerprint density at radius 2 is 1.78 bits per heavy atom. The summed E-state index contributed by atoms with van der Waals surface area (Å²) < 4.78 is 0. The summed E-state index contributed by atoms with van der Waals surface area (Å²) in [5, 5.41) is 10.3. The maximum atomic E-state index is 12.7. The molecular formula is C20H26O3. The van der Waals surface area contributed by atoms with Crippen LogP contribution in [-0.2, 0) is 9.59 Å². The zero-order valence-corrected chi connectivity index (χ0v) is 14.5. The van der Waals surface area contributed by atoms with Crippen molar-refractivity contribution in [1.29, 1.82) is 0 Å². The summed E-state index contributed by atoms with van der Waals surface area (Å²) in [7, 11) is 0. The summed E-state index contributed by atoms with van der Waals surface area (Å²) in [6, 6.07) is 0. The van der Waals surface area contributed by atoms with E-state index in [0.717, 1.165) is 19.3 Å². The summed E-state index contributed by atoms with van der Waals surface area (Å²) in [4.78, 5) is 25.2. The molecule has 3 nitrogen and oxygen atoms in total. The van der Waals surface area contributed by atoms with E-state index in [-0.39, 0.29) is 39.6 Å². The predicted molar refractivity (Wildman–Crippen MR) is 87.7 cm³/mol. The third-order valence-corrected chi connectivity index (χ3v) is 7.74. The topological polar surface area (TPSA) is 54.4 Å². The van der Waals surface area contributed by atoms with Crippen LogP contribution in [0.25, 0.3) is 0 Å². The smallest absolute Gasteiger partial charge is 0.202 e. The fraction of sp³-hybridized carbons (Fsp3) is 0.700. The second-order valence-electron chi connectivity index (χ2n) is 9.38. The van der Waals surface area contributed by atoms with Crippen LogP contribution < -0.4 is 0 Å². The lowest BCUT2D eigenvalue weighted by molar-refractivity contribution is -0.152. The van der Waals surface area contributed by atoms with Gasteiger partial charge in [-0.15, -0.1) is 0 Å². The number of rotatable bonds is 0. The van der Waals surface area contributed by atoms with E-state index in [0.29, 0.717) is 12.2 Å². The Hall–Kier alpha value is -1.38. The lowest BCUT2D eigenvalue weighted by Crippen LogP contribution is -2.59. The van der Waals surface area contributed by atoms with Crippen LogP contribution in [0.2, 0.25) is 0 Å². The Balaban J connectivity index is 1.88. The van der Waals surface area contributed by atoms with Gasteiger partial charge in [0.05, 0.1) is 0 Å². The van der Waals surface area contributed by atoms with Crippen molar-refractivity contribution in [3.05, 3.63) is 24.0 Å². The van der Waals surface area contributed by atoms with Crippen LogP contribution in [0.4, 0.5) is 0 Å². The fourth-order valence-electron chi connectivity index (χ4n) is 6.54. The first-order chi connectivity index (χ1) is 10.6. The second-order valence-corrected chi connectivity index (χ2v) is 9.38. The van der Waals surface area contributed by atoms with Crippen molar-refractivity contribution in [2.75, 3.05) is 0 Å². The Labute approximate surface area is 137 Å². The van der Waals surface area contributed by atoms with Gasteiger partial charge in [-0.25, -0.2) is 0 Å². The van der Waals surface area contributed by atoms with Gasteiger partial charge in [0.2, 0.25) is 5.78 Å². The van der Waals surface area contributed by atoms with E-state index in [1.165, 1.54) is 0 Å². The van der Waals surface area contributed by atoms with Crippen molar-refractivity contribution in [2.45, 2.75) is 53.4 Å². The number of ketones is 2. The number of hydrogen-bond acceptors (Lipinski definition) is 3. The van der Waals surface area contributed by atoms with Gasteiger partial charge in [0.25, 0.3) is 0 Å². The zero-order chi connectivity index (χ0) is 16.8. The molecule has 3 heteroatoms. The number of allylic oxidation sites excluding steroid dienone is 4. The normalized spacial score (nSPS) is 50.3. The maximum absolute atomic E-state index is 12.7. The van der Waals surface area contributed by atoms with Crippen molar-refractivity contribution in [2.24, 2.45) is 33.5 Å². The summed E-state index contributed by atoms with van der Waals surface area (Å²) in [6.45, 7) is 8.14. The standard InChI is InChI=1S/C20H26O3/c1-17(2)13-5-6-20-8-7-18(3,11-20)15(22)9-14(20)19(13,4)10-12(21)16(17)23/h7-8,10,13-14,21H,5-6,9,11H2,1-4H3. The van der Waals surface area contributed by atoms with E-state index >= 15 is 0 Å². The maximum Gasteiger partial charge on any atom is 0.202 e. The summed E-state index contributed by atoms with van der Waals surface area (Å²) >= 11 is 0. The molecule has 0 aliphatic heterocycles. The molecule has 4 aliphatic rings. The molecule has 0 saturated heterocycles. The molecule has 0 heterocycles. The molecule has 0 amide bonds. The fourth-order valence-corrected chi connectivity index (χ4v) is 6.54. The van der Waals surface area contributed by atoms with Gasteiger partial charge in [-0.1, -0.05) is 32.9 Å². The molecule has 2 saturated carbocycles. The average Bonchev–Trinajstić information content (AvgIpc) is 2.75. The SMILES string of the molecule is CC12C=CC3(CCC4C(C)(C)C(=O)C(O)=CC4(C)C3CC1=O)C2. The molecule has 124 valence electrons. The highest BCUT2D eigenvalue weighted by Crippen LogP contribution is 2.69. The third-order valence-electron chi connectivity index (χ3n) is 7.74. The van der Waals surface area contributed by atoms with Gasteiger partial charge in [0.1, 0.15) is 5.78 Å². The van der Waals surface area contributed by atoms with Gasteiger partial charge in [0, 0.05) is 17.3 Å². The Morgan fingerprint density at radius 1 is 1.09 bits per heavy atom. The van der Waals surface area contributed by atoms with Crippen LogP contribution in [0.5, 0.6) is 0 Å². The van der Waals surface area contributed by atoms with Crippen molar-refractivity contribution < 1.29 is 14.7 Å².